The molecule has 1 N–H and O–H groups in total. The fourth-order valence-corrected chi connectivity index (χ4v) is 5.92. The Morgan fingerprint density at radius 2 is 1.00 bits per heavy atom. The van der Waals surface area contributed by atoms with E-state index in [0.717, 1.165) is 64.3 Å². The molecule has 0 aromatic rings. The normalized spacial score (nSPS) is 12.9. The Morgan fingerprint density at radius 1 is 0.545 bits per heavy atom. The van der Waals surface area contributed by atoms with Crippen molar-refractivity contribution in [3.05, 3.63) is 0 Å². The van der Waals surface area contributed by atoms with Crippen LogP contribution in [-0.2, 0) is 19.1 Å². The molecule has 0 aromatic carbocycles. The fraction of sp³-hybridized carbons (Fsp3) is 0.947. The smallest absolute Gasteiger partial charge is 0.320 e. The summed E-state index contributed by atoms with van der Waals surface area (Å²) < 4.78 is 11.3. The molecule has 0 rings (SSSR count). The van der Waals surface area contributed by atoms with Crippen LogP contribution >= 0.6 is 0 Å². The first kappa shape index (κ1) is 42.9. The third-order valence-electron chi connectivity index (χ3n) is 9.06. The number of rotatable bonds is 34. The zero-order valence-corrected chi connectivity index (χ0v) is 29.9. The molecule has 0 aliphatic heterocycles. The molecule has 2 atom stereocenters. The number of hydrogen-bond donors (Lipinski definition) is 1. The van der Waals surface area contributed by atoms with Crippen LogP contribution in [0.3, 0.4) is 0 Å². The second-order valence-electron chi connectivity index (χ2n) is 13.3. The number of ether oxygens (including phenoxy) is 2. The van der Waals surface area contributed by atoms with E-state index in [9.17, 15) is 14.7 Å². The summed E-state index contributed by atoms with van der Waals surface area (Å²) in [7, 11) is 0. The van der Waals surface area contributed by atoms with Crippen molar-refractivity contribution < 1.29 is 24.2 Å². The molecule has 2 unspecified atom stereocenters. The van der Waals surface area contributed by atoms with E-state index >= 15 is 0 Å². The Bertz CT molecular complexity index is 628. The number of esters is 2. The summed E-state index contributed by atoms with van der Waals surface area (Å²) in [6.45, 7) is 11.6. The SMILES string of the molecule is CCCCCCCCC(CCCCCC)COC(=O)CN(CCO)CCCCCCCC(=O)OCC(CC)CCCCCC. The van der Waals surface area contributed by atoms with Crippen LogP contribution in [0, 0.1) is 11.8 Å². The van der Waals surface area contributed by atoms with E-state index in [1.54, 1.807) is 0 Å². The van der Waals surface area contributed by atoms with E-state index < -0.39 is 0 Å². The first-order valence-corrected chi connectivity index (χ1v) is 19.1. The van der Waals surface area contributed by atoms with Crippen LogP contribution in [0.4, 0.5) is 0 Å². The fourth-order valence-electron chi connectivity index (χ4n) is 5.92. The Morgan fingerprint density at radius 3 is 1.57 bits per heavy atom. The highest BCUT2D eigenvalue weighted by atomic mass is 16.5. The van der Waals surface area contributed by atoms with Gasteiger partial charge in [0.2, 0.25) is 0 Å². The minimum atomic E-state index is -0.162. The van der Waals surface area contributed by atoms with E-state index in [2.05, 4.69) is 27.7 Å². The van der Waals surface area contributed by atoms with Crippen LogP contribution < -0.4 is 0 Å². The van der Waals surface area contributed by atoms with Crippen LogP contribution in [-0.4, -0.2) is 61.4 Å². The summed E-state index contributed by atoms with van der Waals surface area (Å²) in [5.74, 6) is 0.746. The number of carbonyl (C=O) groups is 2. The molecule has 0 heterocycles. The van der Waals surface area contributed by atoms with Gasteiger partial charge >= 0.3 is 11.9 Å². The van der Waals surface area contributed by atoms with Gasteiger partial charge in [0.25, 0.3) is 0 Å². The van der Waals surface area contributed by atoms with Crippen LogP contribution in [0.25, 0.3) is 0 Å². The molecule has 6 nitrogen and oxygen atoms in total. The van der Waals surface area contributed by atoms with Gasteiger partial charge in [0, 0.05) is 13.0 Å². The van der Waals surface area contributed by atoms with Gasteiger partial charge in [0.05, 0.1) is 26.4 Å². The summed E-state index contributed by atoms with van der Waals surface area (Å²) >= 11 is 0. The molecule has 0 amide bonds. The molecular weight excluding hydrogens is 550 g/mol. The van der Waals surface area contributed by atoms with Gasteiger partial charge in [0.1, 0.15) is 0 Å². The van der Waals surface area contributed by atoms with Crippen molar-refractivity contribution in [3.8, 4) is 0 Å². The number of nitrogens with zero attached hydrogens (tertiary/aromatic N) is 1. The Kier molecular flexibility index (Phi) is 32.4. The number of carbonyl (C=O) groups excluding carboxylic acids is 2. The maximum Gasteiger partial charge on any atom is 0.320 e. The molecule has 0 spiro atoms. The highest BCUT2D eigenvalue weighted by molar-refractivity contribution is 5.71. The zero-order chi connectivity index (χ0) is 32.5. The molecule has 0 aromatic heterocycles. The van der Waals surface area contributed by atoms with E-state index in [0.29, 0.717) is 38.0 Å². The quantitative estimate of drug-likeness (QED) is 0.0566. The monoisotopic (exact) mass is 626 g/mol. The Balaban J connectivity index is 4.19. The molecule has 0 bridgehead atoms. The molecule has 0 aliphatic rings. The van der Waals surface area contributed by atoms with Crippen molar-refractivity contribution in [3.63, 3.8) is 0 Å². The van der Waals surface area contributed by atoms with Crippen LogP contribution in [0.5, 0.6) is 0 Å². The summed E-state index contributed by atoms with van der Waals surface area (Å²) in [6.07, 6.45) is 27.9. The molecule has 0 fully saturated rings. The number of aliphatic hydroxyl groups excluding tert-OH is 1. The second kappa shape index (κ2) is 33.2. The van der Waals surface area contributed by atoms with Gasteiger partial charge in [-0.25, -0.2) is 0 Å². The Hall–Kier alpha value is -1.14. The van der Waals surface area contributed by atoms with E-state index in [1.807, 2.05) is 4.90 Å². The largest absolute Gasteiger partial charge is 0.465 e. The molecule has 0 aliphatic carbocycles. The van der Waals surface area contributed by atoms with Crippen LogP contribution in [0.1, 0.15) is 182 Å². The molecule has 0 saturated heterocycles. The topological polar surface area (TPSA) is 76.1 Å². The van der Waals surface area contributed by atoms with E-state index in [1.165, 1.54) is 89.9 Å². The lowest BCUT2D eigenvalue weighted by atomic mass is 9.95. The predicted molar refractivity (Wildman–Crippen MR) is 186 cm³/mol. The average molecular weight is 626 g/mol. The lowest BCUT2D eigenvalue weighted by molar-refractivity contribution is -0.147. The third-order valence-corrected chi connectivity index (χ3v) is 9.06. The van der Waals surface area contributed by atoms with Gasteiger partial charge < -0.3 is 14.6 Å². The molecule has 262 valence electrons. The van der Waals surface area contributed by atoms with Gasteiger partial charge in [-0.05, 0) is 50.5 Å². The number of hydrogen-bond acceptors (Lipinski definition) is 6. The second-order valence-corrected chi connectivity index (χ2v) is 13.3. The van der Waals surface area contributed by atoms with Gasteiger partial charge in [0.15, 0.2) is 0 Å². The zero-order valence-electron chi connectivity index (χ0n) is 29.9. The summed E-state index contributed by atoms with van der Waals surface area (Å²) in [5.41, 5.74) is 0. The maximum absolute atomic E-state index is 12.7. The van der Waals surface area contributed by atoms with Gasteiger partial charge in [-0.1, -0.05) is 143 Å². The van der Waals surface area contributed by atoms with Gasteiger partial charge in [-0.15, -0.1) is 0 Å². The number of unbranched alkanes of at least 4 members (excludes halogenated alkanes) is 15. The van der Waals surface area contributed by atoms with Gasteiger partial charge in [-0.3, -0.25) is 14.5 Å². The standard InChI is InChI=1S/C38H75NO5/c1-5-9-12-15-17-22-27-36(26-21-14-11-7-3)34-44-38(42)32-39(30-31-40)29-24-19-16-18-23-28-37(41)43-33-35(8-4)25-20-13-10-6-2/h35-36,40H,5-34H2,1-4H3. The lowest BCUT2D eigenvalue weighted by Gasteiger charge is -2.22. The third kappa shape index (κ3) is 28.3. The van der Waals surface area contributed by atoms with Crippen molar-refractivity contribution in [2.75, 3.05) is 39.5 Å². The summed E-state index contributed by atoms with van der Waals surface area (Å²) in [4.78, 5) is 26.9. The van der Waals surface area contributed by atoms with Crippen molar-refractivity contribution in [2.45, 2.75) is 182 Å². The Labute approximate surface area is 273 Å². The molecule has 6 heteroatoms. The molecular formula is C38H75NO5. The highest BCUT2D eigenvalue weighted by Gasteiger charge is 2.16. The van der Waals surface area contributed by atoms with Crippen molar-refractivity contribution in [2.24, 2.45) is 11.8 Å². The van der Waals surface area contributed by atoms with Crippen molar-refractivity contribution >= 4 is 11.9 Å². The first-order chi connectivity index (χ1) is 21.5. The van der Waals surface area contributed by atoms with Crippen molar-refractivity contribution in [1.82, 2.24) is 4.90 Å². The van der Waals surface area contributed by atoms with Crippen LogP contribution in [0.15, 0.2) is 0 Å². The van der Waals surface area contributed by atoms with Crippen molar-refractivity contribution in [1.29, 1.82) is 0 Å². The maximum atomic E-state index is 12.7. The lowest BCUT2D eigenvalue weighted by Crippen LogP contribution is -2.34. The molecule has 44 heavy (non-hydrogen) atoms. The molecule has 0 radical (unpaired) electrons. The van der Waals surface area contributed by atoms with Crippen LogP contribution in [0.2, 0.25) is 0 Å². The average Bonchev–Trinajstić information content (AvgIpc) is 3.02. The minimum absolute atomic E-state index is 0.0467. The van der Waals surface area contributed by atoms with E-state index in [-0.39, 0.29) is 25.1 Å². The minimum Gasteiger partial charge on any atom is -0.465 e. The molecule has 0 saturated carbocycles. The highest BCUT2D eigenvalue weighted by Crippen LogP contribution is 2.20. The summed E-state index contributed by atoms with van der Waals surface area (Å²) in [5, 5.41) is 9.53. The first-order valence-electron chi connectivity index (χ1n) is 19.1. The van der Waals surface area contributed by atoms with E-state index in [4.69, 9.17) is 9.47 Å². The summed E-state index contributed by atoms with van der Waals surface area (Å²) in [6, 6.07) is 0. The number of aliphatic hydroxyl groups is 1. The predicted octanol–water partition coefficient (Wildman–Crippen LogP) is 10.0. The van der Waals surface area contributed by atoms with Gasteiger partial charge in [-0.2, -0.15) is 0 Å².